The van der Waals surface area contributed by atoms with Crippen molar-refractivity contribution in [3.63, 3.8) is 0 Å². The predicted octanol–water partition coefficient (Wildman–Crippen LogP) is 4.53. The molecular weight excluding hydrogens is 404 g/mol. The molecular formula is C18H20Br2N2. The summed E-state index contributed by atoms with van der Waals surface area (Å²) >= 11 is 6.98. The molecule has 1 fully saturated rings. The van der Waals surface area contributed by atoms with Crippen molar-refractivity contribution < 1.29 is 0 Å². The number of hydrogen-bond donors (Lipinski definition) is 0. The standard InChI is InChI=1S/C18H20Br2N2/c19-17-5-1-15(2-6-17)13-21-9-11-22(12-10-21)14-16-3-7-18(20)8-4-16/h1-8H,9-14H2. The van der Waals surface area contributed by atoms with E-state index in [0.29, 0.717) is 0 Å². The van der Waals surface area contributed by atoms with Crippen LogP contribution in [0.15, 0.2) is 57.5 Å². The van der Waals surface area contributed by atoms with Crippen molar-refractivity contribution >= 4 is 31.9 Å². The molecule has 0 aliphatic carbocycles. The van der Waals surface area contributed by atoms with Crippen molar-refractivity contribution in [2.45, 2.75) is 13.1 Å². The van der Waals surface area contributed by atoms with Gasteiger partial charge in [-0.2, -0.15) is 0 Å². The molecule has 1 saturated heterocycles. The van der Waals surface area contributed by atoms with Crippen molar-refractivity contribution in [2.24, 2.45) is 0 Å². The molecule has 2 aromatic carbocycles. The van der Waals surface area contributed by atoms with Gasteiger partial charge in [0, 0.05) is 48.2 Å². The molecule has 0 unspecified atom stereocenters. The van der Waals surface area contributed by atoms with Crippen LogP contribution < -0.4 is 0 Å². The molecule has 116 valence electrons. The highest BCUT2D eigenvalue weighted by molar-refractivity contribution is 9.10. The Labute approximate surface area is 149 Å². The van der Waals surface area contributed by atoms with Crippen LogP contribution in [0.2, 0.25) is 0 Å². The van der Waals surface area contributed by atoms with Gasteiger partial charge in [-0.15, -0.1) is 0 Å². The fraction of sp³-hybridized carbons (Fsp3) is 0.333. The summed E-state index contributed by atoms with van der Waals surface area (Å²) in [6.45, 7) is 6.69. The molecule has 22 heavy (non-hydrogen) atoms. The maximum absolute atomic E-state index is 3.49. The minimum absolute atomic E-state index is 1.05. The molecule has 0 bridgehead atoms. The van der Waals surface area contributed by atoms with Gasteiger partial charge in [0.25, 0.3) is 0 Å². The number of benzene rings is 2. The van der Waals surface area contributed by atoms with E-state index in [1.807, 2.05) is 0 Å². The van der Waals surface area contributed by atoms with Crippen molar-refractivity contribution in [2.75, 3.05) is 26.2 Å². The lowest BCUT2D eigenvalue weighted by Gasteiger charge is -2.34. The van der Waals surface area contributed by atoms with Gasteiger partial charge in [0.1, 0.15) is 0 Å². The second-order valence-electron chi connectivity index (χ2n) is 5.81. The molecule has 0 atom stereocenters. The van der Waals surface area contributed by atoms with Crippen LogP contribution in [0.3, 0.4) is 0 Å². The largest absolute Gasteiger partial charge is 0.297 e. The highest BCUT2D eigenvalue weighted by atomic mass is 79.9. The Morgan fingerprint density at radius 2 is 0.909 bits per heavy atom. The smallest absolute Gasteiger partial charge is 0.0234 e. The summed E-state index contributed by atoms with van der Waals surface area (Å²) in [5.74, 6) is 0. The monoisotopic (exact) mass is 422 g/mol. The minimum Gasteiger partial charge on any atom is -0.297 e. The lowest BCUT2D eigenvalue weighted by molar-refractivity contribution is 0.122. The Hall–Kier alpha value is -0.680. The summed E-state index contributed by atoms with van der Waals surface area (Å²) in [7, 11) is 0. The molecule has 1 aliphatic rings. The first kappa shape index (κ1) is 16.2. The normalized spacial score (nSPS) is 16.8. The van der Waals surface area contributed by atoms with Crippen molar-refractivity contribution in [3.05, 3.63) is 68.6 Å². The van der Waals surface area contributed by atoms with E-state index in [2.05, 4.69) is 90.2 Å². The summed E-state index contributed by atoms with van der Waals surface area (Å²) in [6, 6.07) is 17.3. The van der Waals surface area contributed by atoms with Crippen LogP contribution in [0.1, 0.15) is 11.1 Å². The van der Waals surface area contributed by atoms with E-state index in [9.17, 15) is 0 Å². The Balaban J connectivity index is 1.47. The lowest BCUT2D eigenvalue weighted by atomic mass is 10.1. The maximum Gasteiger partial charge on any atom is 0.0234 e. The first-order valence-electron chi connectivity index (χ1n) is 7.63. The maximum atomic E-state index is 3.49. The minimum atomic E-state index is 1.05. The fourth-order valence-corrected chi connectivity index (χ4v) is 3.33. The molecule has 0 amide bonds. The Bertz CT molecular complexity index is 532. The summed E-state index contributed by atoms with van der Waals surface area (Å²) in [5.41, 5.74) is 2.79. The van der Waals surface area contributed by atoms with Crippen LogP contribution in [0.4, 0.5) is 0 Å². The molecule has 2 nitrogen and oxygen atoms in total. The molecule has 0 aromatic heterocycles. The van der Waals surface area contributed by atoms with Gasteiger partial charge in [-0.3, -0.25) is 9.80 Å². The van der Waals surface area contributed by atoms with Gasteiger partial charge in [0.2, 0.25) is 0 Å². The highest BCUT2D eigenvalue weighted by Gasteiger charge is 2.17. The van der Waals surface area contributed by atoms with Crippen LogP contribution in [0.25, 0.3) is 0 Å². The molecule has 4 heteroatoms. The summed E-state index contributed by atoms with van der Waals surface area (Å²) in [5, 5.41) is 0. The summed E-state index contributed by atoms with van der Waals surface area (Å²) in [6.07, 6.45) is 0. The second-order valence-corrected chi connectivity index (χ2v) is 7.64. The Morgan fingerprint density at radius 1 is 0.591 bits per heavy atom. The topological polar surface area (TPSA) is 6.48 Å². The van der Waals surface area contributed by atoms with Gasteiger partial charge >= 0.3 is 0 Å². The predicted molar refractivity (Wildman–Crippen MR) is 98.8 cm³/mol. The quantitative estimate of drug-likeness (QED) is 0.712. The molecule has 1 heterocycles. The zero-order valence-electron chi connectivity index (χ0n) is 12.5. The van der Waals surface area contributed by atoms with Gasteiger partial charge in [-0.05, 0) is 35.4 Å². The first-order chi connectivity index (χ1) is 10.7. The molecule has 1 aliphatic heterocycles. The molecule has 0 radical (unpaired) electrons. The molecule has 0 spiro atoms. The van der Waals surface area contributed by atoms with Gasteiger partial charge in [-0.1, -0.05) is 56.1 Å². The van der Waals surface area contributed by atoms with E-state index in [0.717, 1.165) is 48.2 Å². The van der Waals surface area contributed by atoms with Crippen LogP contribution in [-0.2, 0) is 13.1 Å². The fourth-order valence-electron chi connectivity index (χ4n) is 2.80. The van der Waals surface area contributed by atoms with E-state index in [-0.39, 0.29) is 0 Å². The van der Waals surface area contributed by atoms with Crippen LogP contribution in [0, 0.1) is 0 Å². The first-order valence-corrected chi connectivity index (χ1v) is 9.21. The lowest BCUT2D eigenvalue weighted by Crippen LogP contribution is -2.45. The van der Waals surface area contributed by atoms with E-state index in [4.69, 9.17) is 0 Å². The summed E-state index contributed by atoms with van der Waals surface area (Å²) < 4.78 is 2.30. The number of rotatable bonds is 4. The van der Waals surface area contributed by atoms with E-state index >= 15 is 0 Å². The SMILES string of the molecule is Brc1ccc(CN2CCN(Cc3ccc(Br)cc3)CC2)cc1. The number of nitrogens with zero attached hydrogens (tertiary/aromatic N) is 2. The zero-order chi connectivity index (χ0) is 15.4. The van der Waals surface area contributed by atoms with E-state index in [1.165, 1.54) is 11.1 Å². The van der Waals surface area contributed by atoms with Gasteiger partial charge in [0.15, 0.2) is 0 Å². The number of hydrogen-bond acceptors (Lipinski definition) is 2. The van der Waals surface area contributed by atoms with Gasteiger partial charge in [0.05, 0.1) is 0 Å². The summed E-state index contributed by atoms with van der Waals surface area (Å²) in [4.78, 5) is 5.09. The van der Waals surface area contributed by atoms with E-state index < -0.39 is 0 Å². The zero-order valence-corrected chi connectivity index (χ0v) is 15.7. The third kappa shape index (κ3) is 4.66. The van der Waals surface area contributed by atoms with Crippen LogP contribution >= 0.6 is 31.9 Å². The molecule has 3 rings (SSSR count). The van der Waals surface area contributed by atoms with Gasteiger partial charge < -0.3 is 0 Å². The number of halogens is 2. The second kappa shape index (κ2) is 7.73. The van der Waals surface area contributed by atoms with Gasteiger partial charge in [-0.25, -0.2) is 0 Å². The van der Waals surface area contributed by atoms with Crippen LogP contribution in [-0.4, -0.2) is 36.0 Å². The third-order valence-corrected chi connectivity index (χ3v) is 5.16. The average molecular weight is 424 g/mol. The van der Waals surface area contributed by atoms with Crippen molar-refractivity contribution in [3.8, 4) is 0 Å². The van der Waals surface area contributed by atoms with Crippen LogP contribution in [0.5, 0.6) is 0 Å². The molecule has 2 aromatic rings. The Kier molecular flexibility index (Phi) is 5.69. The van der Waals surface area contributed by atoms with E-state index in [1.54, 1.807) is 0 Å². The molecule has 0 saturated carbocycles. The average Bonchev–Trinajstić information content (AvgIpc) is 2.54. The van der Waals surface area contributed by atoms with Crippen molar-refractivity contribution in [1.82, 2.24) is 9.80 Å². The third-order valence-electron chi connectivity index (χ3n) is 4.10. The number of piperazine rings is 1. The Morgan fingerprint density at radius 3 is 1.23 bits per heavy atom. The molecule has 0 N–H and O–H groups in total. The van der Waals surface area contributed by atoms with Crippen molar-refractivity contribution in [1.29, 1.82) is 0 Å². The highest BCUT2D eigenvalue weighted by Crippen LogP contribution is 2.15.